The smallest absolute Gasteiger partial charge is 0.149 e. The molecule has 0 spiro atoms. The molecule has 0 atom stereocenters. The van der Waals surface area contributed by atoms with Crippen molar-refractivity contribution in [3.63, 3.8) is 0 Å². The average Bonchev–Trinajstić information content (AvgIpc) is 2.51. The van der Waals surface area contributed by atoms with Crippen molar-refractivity contribution in [2.75, 3.05) is 23.3 Å². The first kappa shape index (κ1) is 13.7. The summed E-state index contributed by atoms with van der Waals surface area (Å²) in [5.74, 6) is 0.0775. The molecule has 0 unspecified atom stereocenters. The number of hydrogen-bond acceptors (Lipinski definition) is 4. The Kier molecular flexibility index (Phi) is 3.94. The van der Waals surface area contributed by atoms with E-state index >= 15 is 0 Å². The minimum atomic E-state index is -0.645. The second kappa shape index (κ2) is 6.03. The Morgan fingerprint density at radius 3 is 2.57 bits per heavy atom. The monoisotopic (exact) mass is 290 g/mol. The molecule has 2 heterocycles. The third kappa shape index (κ3) is 3.26. The zero-order valence-electron chi connectivity index (χ0n) is 11.5. The summed E-state index contributed by atoms with van der Waals surface area (Å²) in [5.41, 5.74) is 0.194. The summed E-state index contributed by atoms with van der Waals surface area (Å²) in [6, 6.07) is 5.19. The number of piperidine rings is 1. The molecule has 0 radical (unpaired) electrons. The third-order valence-electron chi connectivity index (χ3n) is 3.53. The molecular weight excluding hydrogens is 274 g/mol. The highest BCUT2D eigenvalue weighted by atomic mass is 19.1. The standard InChI is InChI=1S/C15H16F2N4/c16-11-4-5-13(12(17)8-11)20-14-9-15(19-10-18-14)21-6-2-1-3-7-21/h4-5,8-10H,1-3,6-7H2,(H,18,19,20). The summed E-state index contributed by atoms with van der Waals surface area (Å²) < 4.78 is 26.5. The SMILES string of the molecule is Fc1ccc(Nc2cc(N3CCCCC3)ncn2)c(F)c1. The van der Waals surface area contributed by atoms with Gasteiger partial charge in [0.1, 0.15) is 29.6 Å². The Labute approximate surface area is 121 Å². The summed E-state index contributed by atoms with van der Waals surface area (Å²) in [6.45, 7) is 1.95. The Bertz CT molecular complexity index is 627. The molecule has 1 aromatic carbocycles. The predicted molar refractivity (Wildman–Crippen MR) is 77.7 cm³/mol. The fraction of sp³-hybridized carbons (Fsp3) is 0.333. The van der Waals surface area contributed by atoms with Gasteiger partial charge in [0.05, 0.1) is 5.69 Å². The first-order chi connectivity index (χ1) is 10.2. The molecule has 0 aliphatic carbocycles. The average molecular weight is 290 g/mol. The quantitative estimate of drug-likeness (QED) is 0.939. The van der Waals surface area contributed by atoms with Crippen molar-refractivity contribution in [1.82, 2.24) is 9.97 Å². The molecule has 4 nitrogen and oxygen atoms in total. The van der Waals surface area contributed by atoms with Crippen molar-refractivity contribution in [2.24, 2.45) is 0 Å². The minimum absolute atomic E-state index is 0.194. The number of benzene rings is 1. The van der Waals surface area contributed by atoms with Crippen molar-refractivity contribution in [3.8, 4) is 0 Å². The molecular formula is C15H16F2N4. The van der Waals surface area contributed by atoms with Crippen LogP contribution in [0.2, 0.25) is 0 Å². The van der Waals surface area contributed by atoms with Gasteiger partial charge in [-0.15, -0.1) is 0 Å². The summed E-state index contributed by atoms with van der Waals surface area (Å²) >= 11 is 0. The van der Waals surface area contributed by atoms with Crippen molar-refractivity contribution in [3.05, 3.63) is 42.2 Å². The summed E-state index contributed by atoms with van der Waals surface area (Å²) in [6.07, 6.45) is 5.00. The number of halogens is 2. The second-order valence-corrected chi connectivity index (χ2v) is 5.06. The molecule has 3 rings (SSSR count). The Hall–Kier alpha value is -2.24. The van der Waals surface area contributed by atoms with Crippen LogP contribution in [-0.2, 0) is 0 Å². The van der Waals surface area contributed by atoms with E-state index in [1.54, 1.807) is 6.07 Å². The van der Waals surface area contributed by atoms with Crippen LogP contribution in [0.3, 0.4) is 0 Å². The van der Waals surface area contributed by atoms with Crippen LogP contribution in [0.15, 0.2) is 30.6 Å². The van der Waals surface area contributed by atoms with Crippen LogP contribution in [-0.4, -0.2) is 23.1 Å². The van der Waals surface area contributed by atoms with Gasteiger partial charge >= 0.3 is 0 Å². The molecule has 110 valence electrons. The lowest BCUT2D eigenvalue weighted by Crippen LogP contribution is -2.30. The molecule has 1 aromatic heterocycles. The van der Waals surface area contributed by atoms with E-state index in [1.165, 1.54) is 24.9 Å². The van der Waals surface area contributed by atoms with Crippen molar-refractivity contribution < 1.29 is 8.78 Å². The van der Waals surface area contributed by atoms with E-state index in [0.29, 0.717) is 5.82 Å². The van der Waals surface area contributed by atoms with E-state index < -0.39 is 11.6 Å². The van der Waals surface area contributed by atoms with Gasteiger partial charge in [0.25, 0.3) is 0 Å². The number of rotatable bonds is 3. The van der Waals surface area contributed by atoms with E-state index in [1.807, 2.05) is 0 Å². The van der Waals surface area contributed by atoms with Crippen LogP contribution < -0.4 is 10.2 Å². The fourth-order valence-electron chi connectivity index (χ4n) is 2.44. The van der Waals surface area contributed by atoms with Crippen molar-refractivity contribution in [1.29, 1.82) is 0 Å². The highest BCUT2D eigenvalue weighted by Gasteiger charge is 2.13. The normalized spacial score (nSPS) is 15.0. The molecule has 0 saturated carbocycles. The number of hydrogen-bond donors (Lipinski definition) is 1. The minimum Gasteiger partial charge on any atom is -0.356 e. The highest BCUT2D eigenvalue weighted by Crippen LogP contribution is 2.23. The van der Waals surface area contributed by atoms with Gasteiger partial charge in [-0.05, 0) is 31.4 Å². The molecule has 1 aliphatic heterocycles. The Morgan fingerprint density at radius 1 is 1.00 bits per heavy atom. The molecule has 21 heavy (non-hydrogen) atoms. The molecule has 0 amide bonds. The third-order valence-corrected chi connectivity index (χ3v) is 3.53. The summed E-state index contributed by atoms with van der Waals surface area (Å²) in [4.78, 5) is 10.5. The molecule has 1 aliphatic rings. The molecule has 1 N–H and O–H groups in total. The number of nitrogens with zero attached hydrogens (tertiary/aromatic N) is 3. The summed E-state index contributed by atoms with van der Waals surface area (Å²) in [7, 11) is 0. The van der Waals surface area contributed by atoms with Gasteiger partial charge < -0.3 is 10.2 Å². The number of aromatic nitrogens is 2. The maximum absolute atomic E-state index is 13.6. The second-order valence-electron chi connectivity index (χ2n) is 5.06. The first-order valence-electron chi connectivity index (χ1n) is 7.01. The largest absolute Gasteiger partial charge is 0.356 e. The highest BCUT2D eigenvalue weighted by molar-refractivity contribution is 5.59. The lowest BCUT2D eigenvalue weighted by atomic mass is 10.1. The van der Waals surface area contributed by atoms with Gasteiger partial charge in [0, 0.05) is 25.2 Å². The zero-order valence-corrected chi connectivity index (χ0v) is 11.5. The maximum Gasteiger partial charge on any atom is 0.149 e. The van der Waals surface area contributed by atoms with Gasteiger partial charge in [-0.2, -0.15) is 0 Å². The van der Waals surface area contributed by atoms with Crippen LogP contribution >= 0.6 is 0 Å². The van der Waals surface area contributed by atoms with E-state index in [0.717, 1.165) is 37.8 Å². The van der Waals surface area contributed by atoms with E-state index in [9.17, 15) is 8.78 Å². The van der Waals surface area contributed by atoms with Gasteiger partial charge in [-0.25, -0.2) is 18.7 Å². The van der Waals surface area contributed by atoms with Crippen molar-refractivity contribution in [2.45, 2.75) is 19.3 Å². The topological polar surface area (TPSA) is 41.0 Å². The van der Waals surface area contributed by atoms with Crippen LogP contribution in [0.1, 0.15) is 19.3 Å². The van der Waals surface area contributed by atoms with E-state index in [4.69, 9.17) is 0 Å². The van der Waals surface area contributed by atoms with Gasteiger partial charge in [0.2, 0.25) is 0 Å². The maximum atomic E-state index is 13.6. The fourth-order valence-corrected chi connectivity index (χ4v) is 2.44. The Morgan fingerprint density at radius 2 is 1.81 bits per heavy atom. The number of nitrogens with one attached hydrogen (secondary N) is 1. The van der Waals surface area contributed by atoms with Crippen LogP contribution in [0.5, 0.6) is 0 Å². The van der Waals surface area contributed by atoms with E-state index in [-0.39, 0.29) is 5.69 Å². The zero-order chi connectivity index (χ0) is 14.7. The number of anilines is 3. The van der Waals surface area contributed by atoms with Gasteiger partial charge in [0.15, 0.2) is 0 Å². The van der Waals surface area contributed by atoms with Crippen LogP contribution in [0.25, 0.3) is 0 Å². The molecule has 2 aromatic rings. The van der Waals surface area contributed by atoms with Crippen molar-refractivity contribution >= 4 is 17.3 Å². The molecule has 6 heteroatoms. The Balaban J connectivity index is 1.79. The first-order valence-corrected chi connectivity index (χ1v) is 7.01. The lowest BCUT2D eigenvalue weighted by Gasteiger charge is -2.27. The van der Waals surface area contributed by atoms with E-state index in [2.05, 4.69) is 20.2 Å². The van der Waals surface area contributed by atoms with Crippen LogP contribution in [0.4, 0.5) is 26.1 Å². The summed E-state index contributed by atoms with van der Waals surface area (Å²) in [5, 5.41) is 2.86. The van der Waals surface area contributed by atoms with Gasteiger partial charge in [-0.1, -0.05) is 0 Å². The molecule has 1 fully saturated rings. The molecule has 0 bridgehead atoms. The predicted octanol–water partition coefficient (Wildman–Crippen LogP) is 3.49. The van der Waals surface area contributed by atoms with Crippen LogP contribution in [0, 0.1) is 11.6 Å². The molecule has 1 saturated heterocycles. The lowest BCUT2D eigenvalue weighted by molar-refractivity contribution is 0.573. The van der Waals surface area contributed by atoms with Gasteiger partial charge in [-0.3, -0.25) is 0 Å².